The average Bonchev–Trinajstić information content (AvgIpc) is 2.25. The van der Waals surface area contributed by atoms with Gasteiger partial charge in [-0.2, -0.15) is 0 Å². The van der Waals surface area contributed by atoms with Crippen molar-refractivity contribution in [3.8, 4) is 0 Å². The normalized spacial score (nSPS) is 19.1. The molecule has 1 aromatic carbocycles. The van der Waals surface area contributed by atoms with Crippen LogP contribution in [0.3, 0.4) is 0 Å². The fourth-order valence-corrected chi connectivity index (χ4v) is 2.00. The number of carbonyl (C=O) groups is 1. The third-order valence-electron chi connectivity index (χ3n) is 2.91. The molecule has 1 aliphatic rings. The van der Waals surface area contributed by atoms with Gasteiger partial charge in [0.2, 0.25) is 0 Å². The Hall–Kier alpha value is -1.42. The smallest absolute Gasteiger partial charge is 0.338 e. The quantitative estimate of drug-likeness (QED) is 0.751. The highest BCUT2D eigenvalue weighted by Crippen LogP contribution is 2.23. The summed E-state index contributed by atoms with van der Waals surface area (Å²) in [7, 11) is 3.94. The fraction of sp³-hybridized carbons (Fsp3) is 0.462. The highest BCUT2D eigenvalue weighted by molar-refractivity contribution is 5.92. The first kappa shape index (κ1) is 12.0. The number of benzene rings is 1. The van der Waals surface area contributed by atoms with Crippen LogP contribution in [0.15, 0.2) is 18.2 Å². The Morgan fingerprint density at radius 1 is 1.47 bits per heavy atom. The molecule has 1 aromatic rings. The number of rotatable bonds is 3. The van der Waals surface area contributed by atoms with Crippen molar-refractivity contribution in [3.05, 3.63) is 35.1 Å². The summed E-state index contributed by atoms with van der Waals surface area (Å²) in [6, 6.07) is 4.22. The lowest BCUT2D eigenvalue weighted by Crippen LogP contribution is -2.30. The lowest BCUT2D eigenvalue weighted by atomic mass is 9.97. The zero-order valence-corrected chi connectivity index (χ0v) is 10.1. The van der Waals surface area contributed by atoms with Crippen LogP contribution in [-0.4, -0.2) is 37.6 Å². The Labute approximate surface area is 100 Å². The Balaban J connectivity index is 2.12. The third-order valence-corrected chi connectivity index (χ3v) is 2.91. The van der Waals surface area contributed by atoms with Crippen LogP contribution in [0.4, 0.5) is 4.39 Å². The van der Waals surface area contributed by atoms with Crippen molar-refractivity contribution in [2.45, 2.75) is 18.9 Å². The predicted octanol–water partition coefficient (Wildman–Crippen LogP) is 1.86. The SMILES string of the molecule is CN(C)CCC1Cc2cc(F)ccc2C(=O)O1. The van der Waals surface area contributed by atoms with Crippen molar-refractivity contribution in [1.82, 2.24) is 4.90 Å². The average molecular weight is 237 g/mol. The molecule has 17 heavy (non-hydrogen) atoms. The van der Waals surface area contributed by atoms with Crippen molar-refractivity contribution in [1.29, 1.82) is 0 Å². The van der Waals surface area contributed by atoms with Gasteiger partial charge in [-0.1, -0.05) is 0 Å². The number of halogens is 1. The summed E-state index contributed by atoms with van der Waals surface area (Å²) in [5.41, 5.74) is 1.25. The standard InChI is InChI=1S/C13H16FNO2/c1-15(2)6-5-11-8-9-7-10(14)3-4-12(9)13(16)17-11/h3-4,7,11H,5-6,8H2,1-2H3. The van der Waals surface area contributed by atoms with E-state index in [2.05, 4.69) is 0 Å². The number of esters is 1. The summed E-state index contributed by atoms with van der Waals surface area (Å²) >= 11 is 0. The van der Waals surface area contributed by atoms with E-state index in [9.17, 15) is 9.18 Å². The molecular weight excluding hydrogens is 221 g/mol. The predicted molar refractivity (Wildman–Crippen MR) is 62.5 cm³/mol. The molecule has 92 valence electrons. The molecule has 1 unspecified atom stereocenters. The first-order chi connectivity index (χ1) is 8.06. The zero-order valence-electron chi connectivity index (χ0n) is 10.1. The molecule has 4 heteroatoms. The molecule has 1 heterocycles. The van der Waals surface area contributed by atoms with Gasteiger partial charge in [0.1, 0.15) is 11.9 Å². The number of ether oxygens (including phenoxy) is 1. The van der Waals surface area contributed by atoms with E-state index >= 15 is 0 Å². The van der Waals surface area contributed by atoms with E-state index in [1.165, 1.54) is 18.2 Å². The molecule has 0 bridgehead atoms. The van der Waals surface area contributed by atoms with Crippen molar-refractivity contribution < 1.29 is 13.9 Å². The maximum atomic E-state index is 13.1. The molecule has 2 rings (SSSR count). The van der Waals surface area contributed by atoms with Crippen LogP contribution in [0.25, 0.3) is 0 Å². The van der Waals surface area contributed by atoms with E-state index in [1.807, 2.05) is 19.0 Å². The first-order valence-electron chi connectivity index (χ1n) is 5.70. The number of cyclic esters (lactones) is 1. The minimum atomic E-state index is -0.338. The van der Waals surface area contributed by atoms with E-state index in [-0.39, 0.29) is 17.9 Å². The molecule has 0 saturated heterocycles. The van der Waals surface area contributed by atoms with Crippen LogP contribution in [0.1, 0.15) is 22.3 Å². The highest BCUT2D eigenvalue weighted by atomic mass is 19.1. The van der Waals surface area contributed by atoms with Gasteiger partial charge in [0.15, 0.2) is 0 Å². The summed E-state index contributed by atoms with van der Waals surface area (Å²) in [4.78, 5) is 13.7. The molecule has 0 aliphatic carbocycles. The van der Waals surface area contributed by atoms with Crippen molar-refractivity contribution in [2.24, 2.45) is 0 Å². The summed E-state index contributed by atoms with van der Waals surface area (Å²) < 4.78 is 18.4. The van der Waals surface area contributed by atoms with E-state index in [1.54, 1.807) is 0 Å². The lowest BCUT2D eigenvalue weighted by molar-refractivity contribution is 0.0222. The van der Waals surface area contributed by atoms with E-state index < -0.39 is 0 Å². The maximum absolute atomic E-state index is 13.1. The van der Waals surface area contributed by atoms with Gasteiger partial charge in [0.05, 0.1) is 5.56 Å². The Morgan fingerprint density at radius 3 is 2.94 bits per heavy atom. The number of hydrogen-bond donors (Lipinski definition) is 0. The van der Waals surface area contributed by atoms with E-state index in [0.717, 1.165) is 18.5 Å². The molecule has 1 atom stereocenters. The Kier molecular flexibility index (Phi) is 3.43. The molecule has 0 N–H and O–H groups in total. The second-order valence-corrected chi connectivity index (χ2v) is 4.62. The van der Waals surface area contributed by atoms with Gasteiger partial charge in [0, 0.05) is 13.0 Å². The summed E-state index contributed by atoms with van der Waals surface area (Å²) in [6.07, 6.45) is 1.24. The van der Waals surface area contributed by atoms with Gasteiger partial charge in [-0.25, -0.2) is 9.18 Å². The summed E-state index contributed by atoms with van der Waals surface area (Å²) in [5.74, 6) is -0.639. The number of fused-ring (bicyclic) bond motifs is 1. The lowest BCUT2D eigenvalue weighted by Gasteiger charge is -2.25. The Morgan fingerprint density at radius 2 is 2.24 bits per heavy atom. The van der Waals surface area contributed by atoms with Gasteiger partial charge in [0.25, 0.3) is 0 Å². The molecule has 3 nitrogen and oxygen atoms in total. The number of nitrogens with zero attached hydrogens (tertiary/aromatic N) is 1. The zero-order chi connectivity index (χ0) is 12.4. The van der Waals surface area contributed by atoms with Crippen molar-refractivity contribution in [2.75, 3.05) is 20.6 Å². The number of hydrogen-bond acceptors (Lipinski definition) is 3. The molecule has 0 amide bonds. The molecule has 0 fully saturated rings. The topological polar surface area (TPSA) is 29.5 Å². The molecule has 1 aliphatic heterocycles. The van der Waals surface area contributed by atoms with Crippen LogP contribution in [0.5, 0.6) is 0 Å². The monoisotopic (exact) mass is 237 g/mol. The van der Waals surface area contributed by atoms with Gasteiger partial charge in [-0.15, -0.1) is 0 Å². The van der Waals surface area contributed by atoms with Crippen molar-refractivity contribution >= 4 is 5.97 Å². The molecule has 0 saturated carbocycles. The van der Waals surface area contributed by atoms with Gasteiger partial charge >= 0.3 is 5.97 Å². The molecular formula is C13H16FNO2. The van der Waals surface area contributed by atoms with Crippen LogP contribution in [0, 0.1) is 5.82 Å². The number of carbonyl (C=O) groups excluding carboxylic acids is 1. The second-order valence-electron chi connectivity index (χ2n) is 4.62. The van der Waals surface area contributed by atoms with Gasteiger partial charge in [-0.05, 0) is 44.3 Å². The Bertz CT molecular complexity index is 431. The minimum absolute atomic E-state index is 0.140. The largest absolute Gasteiger partial charge is 0.458 e. The summed E-state index contributed by atoms with van der Waals surface area (Å²) in [6.45, 7) is 0.850. The minimum Gasteiger partial charge on any atom is -0.458 e. The van der Waals surface area contributed by atoms with E-state index in [0.29, 0.717) is 12.0 Å². The second kappa shape index (κ2) is 4.84. The molecule has 0 radical (unpaired) electrons. The van der Waals surface area contributed by atoms with Gasteiger partial charge in [-0.3, -0.25) is 0 Å². The fourth-order valence-electron chi connectivity index (χ4n) is 2.00. The van der Waals surface area contributed by atoms with Crippen molar-refractivity contribution in [3.63, 3.8) is 0 Å². The van der Waals surface area contributed by atoms with Gasteiger partial charge < -0.3 is 9.64 Å². The van der Waals surface area contributed by atoms with Crippen LogP contribution in [-0.2, 0) is 11.2 Å². The first-order valence-corrected chi connectivity index (χ1v) is 5.70. The molecule has 0 aromatic heterocycles. The van der Waals surface area contributed by atoms with E-state index in [4.69, 9.17) is 4.74 Å². The highest BCUT2D eigenvalue weighted by Gasteiger charge is 2.26. The van der Waals surface area contributed by atoms with Crippen LogP contribution >= 0.6 is 0 Å². The van der Waals surface area contributed by atoms with Crippen LogP contribution in [0.2, 0.25) is 0 Å². The molecule has 0 spiro atoms. The maximum Gasteiger partial charge on any atom is 0.338 e. The summed E-state index contributed by atoms with van der Waals surface area (Å²) in [5, 5.41) is 0. The third kappa shape index (κ3) is 2.82. The van der Waals surface area contributed by atoms with Crippen LogP contribution < -0.4 is 0 Å².